The van der Waals surface area contributed by atoms with Crippen LogP contribution in [0.15, 0.2) is 42.5 Å². The first-order chi connectivity index (χ1) is 9.47. The van der Waals surface area contributed by atoms with Crippen LogP contribution in [0.5, 0.6) is 0 Å². The molecule has 2 aromatic rings. The van der Waals surface area contributed by atoms with Crippen molar-refractivity contribution in [2.24, 2.45) is 0 Å². The zero-order chi connectivity index (χ0) is 14.7. The molecule has 0 aliphatic carbocycles. The standard InChI is InChI=1S/C16H16ClNO2/c1-11-6-7-14(16(19)20)15(8-11)18(2)10-12-4-3-5-13(17)9-12/h3-9H,10H2,1-2H3,(H,19,20). The molecule has 0 amide bonds. The van der Waals surface area contributed by atoms with E-state index in [1.165, 1.54) is 0 Å². The van der Waals surface area contributed by atoms with Crippen LogP contribution in [0, 0.1) is 6.92 Å². The molecule has 0 spiro atoms. The average molecular weight is 290 g/mol. The van der Waals surface area contributed by atoms with E-state index in [2.05, 4.69) is 0 Å². The Balaban J connectivity index is 2.31. The van der Waals surface area contributed by atoms with E-state index in [0.717, 1.165) is 11.1 Å². The second-order valence-electron chi connectivity index (χ2n) is 4.81. The van der Waals surface area contributed by atoms with Crippen LogP contribution < -0.4 is 4.90 Å². The summed E-state index contributed by atoms with van der Waals surface area (Å²) >= 11 is 5.97. The molecule has 4 heteroatoms. The van der Waals surface area contributed by atoms with E-state index in [1.54, 1.807) is 12.1 Å². The minimum absolute atomic E-state index is 0.306. The van der Waals surface area contributed by atoms with Gasteiger partial charge in [0.15, 0.2) is 0 Å². The third kappa shape index (κ3) is 3.31. The van der Waals surface area contributed by atoms with Crippen LogP contribution >= 0.6 is 11.6 Å². The lowest BCUT2D eigenvalue weighted by atomic mass is 10.1. The number of aryl methyl sites for hydroxylation is 1. The predicted molar refractivity (Wildman–Crippen MR) is 81.7 cm³/mol. The number of aromatic carboxylic acids is 1. The zero-order valence-electron chi connectivity index (χ0n) is 11.4. The number of hydrogen-bond donors (Lipinski definition) is 1. The Labute approximate surface area is 123 Å². The molecule has 0 fully saturated rings. The molecule has 2 aromatic carbocycles. The summed E-state index contributed by atoms with van der Waals surface area (Å²) in [6.45, 7) is 2.55. The molecule has 0 saturated heterocycles. The van der Waals surface area contributed by atoms with Crippen LogP contribution in [-0.2, 0) is 6.54 Å². The molecule has 0 unspecified atom stereocenters. The fourth-order valence-electron chi connectivity index (χ4n) is 2.13. The maximum absolute atomic E-state index is 11.3. The third-order valence-electron chi connectivity index (χ3n) is 3.10. The van der Waals surface area contributed by atoms with E-state index in [1.807, 2.05) is 49.2 Å². The molecule has 20 heavy (non-hydrogen) atoms. The molecule has 104 valence electrons. The van der Waals surface area contributed by atoms with Gasteiger partial charge in [-0.3, -0.25) is 0 Å². The van der Waals surface area contributed by atoms with Gasteiger partial charge in [-0.05, 0) is 42.3 Å². The van der Waals surface area contributed by atoms with Gasteiger partial charge >= 0.3 is 5.97 Å². The highest BCUT2D eigenvalue weighted by atomic mass is 35.5. The van der Waals surface area contributed by atoms with Gasteiger partial charge in [0.1, 0.15) is 0 Å². The van der Waals surface area contributed by atoms with Crippen molar-refractivity contribution in [3.05, 3.63) is 64.2 Å². The normalized spacial score (nSPS) is 10.3. The zero-order valence-corrected chi connectivity index (χ0v) is 12.2. The molecular weight excluding hydrogens is 274 g/mol. The molecule has 2 rings (SSSR count). The van der Waals surface area contributed by atoms with Crippen molar-refractivity contribution < 1.29 is 9.90 Å². The molecule has 0 atom stereocenters. The molecular formula is C16H16ClNO2. The Kier molecular flexibility index (Phi) is 4.30. The van der Waals surface area contributed by atoms with Gasteiger partial charge in [-0.2, -0.15) is 0 Å². The molecule has 0 heterocycles. The summed E-state index contributed by atoms with van der Waals surface area (Å²) in [5, 5.41) is 9.95. The minimum Gasteiger partial charge on any atom is -0.478 e. The van der Waals surface area contributed by atoms with Crippen molar-refractivity contribution in [3.63, 3.8) is 0 Å². The largest absolute Gasteiger partial charge is 0.478 e. The van der Waals surface area contributed by atoms with Crippen LogP contribution in [0.3, 0.4) is 0 Å². The van der Waals surface area contributed by atoms with E-state index < -0.39 is 5.97 Å². The Morgan fingerprint density at radius 1 is 1.25 bits per heavy atom. The van der Waals surface area contributed by atoms with Crippen molar-refractivity contribution in [2.45, 2.75) is 13.5 Å². The van der Waals surface area contributed by atoms with E-state index in [4.69, 9.17) is 11.6 Å². The maximum atomic E-state index is 11.3. The summed E-state index contributed by atoms with van der Waals surface area (Å²) < 4.78 is 0. The van der Waals surface area contributed by atoms with Gasteiger partial charge in [0.05, 0.1) is 11.3 Å². The molecule has 3 nitrogen and oxygen atoms in total. The highest BCUT2D eigenvalue weighted by molar-refractivity contribution is 6.30. The second kappa shape index (κ2) is 5.97. The first kappa shape index (κ1) is 14.4. The van der Waals surface area contributed by atoms with Gasteiger partial charge in [-0.25, -0.2) is 4.79 Å². The Morgan fingerprint density at radius 3 is 2.65 bits per heavy atom. The molecule has 1 N–H and O–H groups in total. The molecule has 0 aromatic heterocycles. The topological polar surface area (TPSA) is 40.5 Å². The number of hydrogen-bond acceptors (Lipinski definition) is 2. The first-order valence-electron chi connectivity index (χ1n) is 6.27. The van der Waals surface area contributed by atoms with Crippen molar-refractivity contribution >= 4 is 23.3 Å². The van der Waals surface area contributed by atoms with Gasteiger partial charge < -0.3 is 10.0 Å². The number of carboxylic acid groups (broad SMARTS) is 1. The summed E-state index contributed by atoms with van der Waals surface area (Å²) in [4.78, 5) is 13.2. The average Bonchev–Trinajstić information content (AvgIpc) is 2.38. The van der Waals surface area contributed by atoms with Crippen molar-refractivity contribution in [2.75, 3.05) is 11.9 Å². The molecule has 0 aliphatic rings. The van der Waals surface area contributed by atoms with Gasteiger partial charge in [0.2, 0.25) is 0 Å². The number of benzene rings is 2. The molecule has 0 bridgehead atoms. The highest BCUT2D eigenvalue weighted by Gasteiger charge is 2.13. The quantitative estimate of drug-likeness (QED) is 0.925. The van der Waals surface area contributed by atoms with Crippen molar-refractivity contribution in [1.29, 1.82) is 0 Å². The summed E-state index contributed by atoms with van der Waals surface area (Å²) in [7, 11) is 1.88. The number of carbonyl (C=O) groups is 1. The molecule has 0 aliphatic heterocycles. The number of anilines is 1. The second-order valence-corrected chi connectivity index (χ2v) is 5.25. The fraction of sp³-hybridized carbons (Fsp3) is 0.188. The maximum Gasteiger partial charge on any atom is 0.337 e. The SMILES string of the molecule is Cc1ccc(C(=O)O)c(N(C)Cc2cccc(Cl)c2)c1. The summed E-state index contributed by atoms with van der Waals surface area (Å²) in [6, 6.07) is 12.9. The van der Waals surface area contributed by atoms with Crippen LogP contribution in [0.1, 0.15) is 21.5 Å². The van der Waals surface area contributed by atoms with E-state index in [9.17, 15) is 9.90 Å². The molecule has 0 radical (unpaired) electrons. The van der Waals surface area contributed by atoms with Gasteiger partial charge in [-0.15, -0.1) is 0 Å². The Morgan fingerprint density at radius 2 is 2.00 bits per heavy atom. The fourth-order valence-corrected chi connectivity index (χ4v) is 2.35. The van der Waals surface area contributed by atoms with E-state index >= 15 is 0 Å². The predicted octanol–water partition coefficient (Wildman–Crippen LogP) is 3.98. The minimum atomic E-state index is -0.919. The number of rotatable bonds is 4. The lowest BCUT2D eigenvalue weighted by Crippen LogP contribution is -2.19. The number of nitrogens with zero attached hydrogens (tertiary/aromatic N) is 1. The first-order valence-corrected chi connectivity index (χ1v) is 6.64. The van der Waals surface area contributed by atoms with E-state index in [0.29, 0.717) is 22.8 Å². The van der Waals surface area contributed by atoms with Crippen molar-refractivity contribution in [1.82, 2.24) is 0 Å². The number of halogens is 1. The summed E-state index contributed by atoms with van der Waals surface area (Å²) in [5.74, 6) is -0.919. The highest BCUT2D eigenvalue weighted by Crippen LogP contribution is 2.23. The lowest BCUT2D eigenvalue weighted by Gasteiger charge is -2.22. The van der Waals surface area contributed by atoms with Crippen LogP contribution in [0.25, 0.3) is 0 Å². The van der Waals surface area contributed by atoms with Gasteiger partial charge in [0.25, 0.3) is 0 Å². The summed E-state index contributed by atoms with van der Waals surface area (Å²) in [5.41, 5.74) is 3.08. The molecule has 0 saturated carbocycles. The third-order valence-corrected chi connectivity index (χ3v) is 3.34. The Hall–Kier alpha value is -2.00. The van der Waals surface area contributed by atoms with E-state index in [-0.39, 0.29) is 0 Å². The monoisotopic (exact) mass is 289 g/mol. The van der Waals surface area contributed by atoms with Crippen molar-refractivity contribution in [3.8, 4) is 0 Å². The number of carboxylic acids is 1. The lowest BCUT2D eigenvalue weighted by molar-refractivity contribution is 0.0697. The van der Waals surface area contributed by atoms with Gasteiger partial charge in [0, 0.05) is 18.6 Å². The Bertz CT molecular complexity index is 640. The van der Waals surface area contributed by atoms with Gasteiger partial charge in [-0.1, -0.05) is 29.8 Å². The summed E-state index contributed by atoms with van der Waals surface area (Å²) in [6.07, 6.45) is 0. The van der Waals surface area contributed by atoms with Crippen LogP contribution in [0.4, 0.5) is 5.69 Å². The van der Waals surface area contributed by atoms with Crippen LogP contribution in [0.2, 0.25) is 5.02 Å². The smallest absolute Gasteiger partial charge is 0.337 e. The van der Waals surface area contributed by atoms with Crippen LogP contribution in [-0.4, -0.2) is 18.1 Å².